The van der Waals surface area contributed by atoms with Gasteiger partial charge in [-0.1, -0.05) is 19.3 Å². The summed E-state index contributed by atoms with van der Waals surface area (Å²) in [5, 5.41) is 0. The molecule has 0 bridgehead atoms. The second-order valence-corrected chi connectivity index (χ2v) is 4.95. The van der Waals surface area contributed by atoms with Gasteiger partial charge >= 0.3 is 6.09 Å². The molecule has 1 unspecified atom stereocenters. The van der Waals surface area contributed by atoms with Crippen LogP contribution < -0.4 is 11.5 Å². The van der Waals surface area contributed by atoms with Gasteiger partial charge in [-0.25, -0.2) is 4.79 Å². The van der Waals surface area contributed by atoms with E-state index in [1.54, 1.807) is 0 Å². The third-order valence-corrected chi connectivity index (χ3v) is 3.32. The van der Waals surface area contributed by atoms with E-state index < -0.39 is 11.7 Å². The zero-order chi connectivity index (χ0) is 11.5. The molecule has 88 valence electrons. The normalized spacial score (nSPS) is 21.0. The summed E-state index contributed by atoms with van der Waals surface area (Å²) in [4.78, 5) is 10.7. The molecule has 1 rings (SSSR count). The Morgan fingerprint density at radius 3 is 2.33 bits per heavy atom. The first kappa shape index (κ1) is 12.3. The molecule has 15 heavy (non-hydrogen) atoms. The molecular formula is C11H22N2O2. The Morgan fingerprint density at radius 2 is 1.87 bits per heavy atom. The number of hydrogen-bond acceptors (Lipinski definition) is 3. The molecule has 4 heteroatoms. The summed E-state index contributed by atoms with van der Waals surface area (Å²) in [5.74, 6) is 0.452. The quantitative estimate of drug-likeness (QED) is 0.751. The van der Waals surface area contributed by atoms with E-state index in [2.05, 4.69) is 0 Å². The van der Waals surface area contributed by atoms with Crippen molar-refractivity contribution in [2.24, 2.45) is 17.4 Å². The fourth-order valence-electron chi connectivity index (χ4n) is 2.39. The van der Waals surface area contributed by atoms with Crippen molar-refractivity contribution in [1.82, 2.24) is 0 Å². The van der Waals surface area contributed by atoms with Crippen molar-refractivity contribution in [3.63, 3.8) is 0 Å². The van der Waals surface area contributed by atoms with Gasteiger partial charge in [0.25, 0.3) is 0 Å². The summed E-state index contributed by atoms with van der Waals surface area (Å²) in [7, 11) is 0. The van der Waals surface area contributed by atoms with Crippen LogP contribution in [0, 0.1) is 5.92 Å². The predicted molar refractivity (Wildman–Crippen MR) is 59.3 cm³/mol. The summed E-state index contributed by atoms with van der Waals surface area (Å²) in [5.41, 5.74) is 10.5. The zero-order valence-corrected chi connectivity index (χ0v) is 9.66. The summed E-state index contributed by atoms with van der Waals surface area (Å²) in [6.45, 7) is 3.66. The van der Waals surface area contributed by atoms with Crippen LogP contribution in [0.2, 0.25) is 0 Å². The standard InChI is InChI=1S/C11H22N2O2/c1-11(2,15-10(13)14)9(12)8-6-4-3-5-7-8/h8-9H,3-7,12H2,1-2H3,(H2,13,14). The first-order valence-corrected chi connectivity index (χ1v) is 5.67. The molecule has 1 saturated carbocycles. The van der Waals surface area contributed by atoms with E-state index in [1.807, 2.05) is 13.8 Å². The number of amides is 1. The lowest BCUT2D eigenvalue weighted by Gasteiger charge is -2.37. The average Bonchev–Trinajstić information content (AvgIpc) is 2.16. The maximum atomic E-state index is 10.7. The third kappa shape index (κ3) is 3.38. The molecule has 1 amide bonds. The molecular weight excluding hydrogens is 192 g/mol. The van der Waals surface area contributed by atoms with Gasteiger partial charge in [0.1, 0.15) is 5.60 Å². The highest BCUT2D eigenvalue weighted by Gasteiger charge is 2.36. The number of carbonyl (C=O) groups excluding carboxylic acids is 1. The van der Waals surface area contributed by atoms with Gasteiger partial charge in [-0.2, -0.15) is 0 Å². The van der Waals surface area contributed by atoms with Crippen LogP contribution in [0.25, 0.3) is 0 Å². The van der Waals surface area contributed by atoms with Crippen LogP contribution in [0.4, 0.5) is 4.79 Å². The highest BCUT2D eigenvalue weighted by atomic mass is 16.6. The van der Waals surface area contributed by atoms with Crippen LogP contribution in [-0.2, 0) is 4.74 Å². The SMILES string of the molecule is CC(C)(OC(N)=O)C(N)C1CCCCC1. The van der Waals surface area contributed by atoms with Gasteiger partial charge < -0.3 is 16.2 Å². The molecule has 1 fully saturated rings. The maximum absolute atomic E-state index is 10.7. The van der Waals surface area contributed by atoms with Crippen LogP contribution in [0.1, 0.15) is 46.0 Å². The highest BCUT2D eigenvalue weighted by molar-refractivity contribution is 5.65. The van der Waals surface area contributed by atoms with Crippen molar-refractivity contribution in [2.75, 3.05) is 0 Å². The molecule has 0 aliphatic heterocycles. The van der Waals surface area contributed by atoms with Gasteiger partial charge in [0, 0.05) is 6.04 Å². The minimum Gasteiger partial charge on any atom is -0.442 e. The van der Waals surface area contributed by atoms with Crippen molar-refractivity contribution in [2.45, 2.75) is 57.6 Å². The Hall–Kier alpha value is -0.770. The number of ether oxygens (including phenoxy) is 1. The van der Waals surface area contributed by atoms with Gasteiger partial charge in [0.05, 0.1) is 0 Å². The number of primary amides is 1. The molecule has 1 atom stereocenters. The molecule has 1 aliphatic rings. The van der Waals surface area contributed by atoms with E-state index in [4.69, 9.17) is 16.2 Å². The highest BCUT2D eigenvalue weighted by Crippen LogP contribution is 2.31. The number of carbonyl (C=O) groups is 1. The van der Waals surface area contributed by atoms with Crippen LogP contribution in [0.15, 0.2) is 0 Å². The Morgan fingerprint density at radius 1 is 1.33 bits per heavy atom. The lowest BCUT2D eigenvalue weighted by Crippen LogP contribution is -2.52. The minimum atomic E-state index is -0.744. The lowest BCUT2D eigenvalue weighted by molar-refractivity contribution is 0.00444. The number of hydrogen-bond donors (Lipinski definition) is 2. The molecule has 4 N–H and O–H groups in total. The van der Waals surface area contributed by atoms with Crippen LogP contribution in [-0.4, -0.2) is 17.7 Å². The molecule has 4 nitrogen and oxygen atoms in total. The van der Waals surface area contributed by atoms with E-state index in [9.17, 15) is 4.79 Å². The van der Waals surface area contributed by atoms with E-state index in [-0.39, 0.29) is 6.04 Å². The average molecular weight is 214 g/mol. The van der Waals surface area contributed by atoms with Crippen molar-refractivity contribution in [1.29, 1.82) is 0 Å². The van der Waals surface area contributed by atoms with E-state index in [0.717, 1.165) is 12.8 Å². The second-order valence-electron chi connectivity index (χ2n) is 4.95. The maximum Gasteiger partial charge on any atom is 0.405 e. The topological polar surface area (TPSA) is 78.3 Å². The van der Waals surface area contributed by atoms with E-state index in [1.165, 1.54) is 19.3 Å². The summed E-state index contributed by atoms with van der Waals surface area (Å²) < 4.78 is 5.07. The van der Waals surface area contributed by atoms with Crippen LogP contribution >= 0.6 is 0 Å². The molecule has 0 radical (unpaired) electrons. The minimum absolute atomic E-state index is 0.120. The molecule has 0 aromatic heterocycles. The predicted octanol–water partition coefficient (Wildman–Crippen LogP) is 1.77. The summed E-state index contributed by atoms with van der Waals surface area (Å²) in [6, 6.07) is -0.120. The zero-order valence-electron chi connectivity index (χ0n) is 9.66. The molecule has 1 aliphatic carbocycles. The van der Waals surface area contributed by atoms with Gasteiger partial charge in [0.15, 0.2) is 0 Å². The number of rotatable bonds is 3. The first-order valence-electron chi connectivity index (χ1n) is 5.67. The van der Waals surface area contributed by atoms with Gasteiger partial charge in [-0.15, -0.1) is 0 Å². The van der Waals surface area contributed by atoms with Gasteiger partial charge in [0.2, 0.25) is 0 Å². The van der Waals surface area contributed by atoms with Crippen molar-refractivity contribution in [3.05, 3.63) is 0 Å². The summed E-state index contributed by atoms with van der Waals surface area (Å²) in [6.07, 6.45) is 5.27. The van der Waals surface area contributed by atoms with E-state index in [0.29, 0.717) is 5.92 Å². The fourth-order valence-corrected chi connectivity index (χ4v) is 2.39. The Labute approximate surface area is 91.3 Å². The van der Waals surface area contributed by atoms with Crippen molar-refractivity contribution < 1.29 is 9.53 Å². The molecule has 0 heterocycles. The monoisotopic (exact) mass is 214 g/mol. The Kier molecular flexibility index (Phi) is 3.97. The number of nitrogens with two attached hydrogens (primary N) is 2. The van der Waals surface area contributed by atoms with Crippen molar-refractivity contribution >= 4 is 6.09 Å². The van der Waals surface area contributed by atoms with Gasteiger partial charge in [-0.05, 0) is 32.6 Å². The summed E-state index contributed by atoms with van der Waals surface area (Å²) >= 11 is 0. The molecule has 0 aromatic carbocycles. The van der Waals surface area contributed by atoms with Gasteiger partial charge in [-0.3, -0.25) is 0 Å². The first-order chi connectivity index (χ1) is 6.93. The Bertz CT molecular complexity index is 223. The van der Waals surface area contributed by atoms with Crippen LogP contribution in [0.5, 0.6) is 0 Å². The van der Waals surface area contributed by atoms with E-state index >= 15 is 0 Å². The Balaban J connectivity index is 2.55. The largest absolute Gasteiger partial charge is 0.442 e. The second kappa shape index (κ2) is 4.84. The lowest BCUT2D eigenvalue weighted by atomic mass is 9.78. The molecule has 0 saturated heterocycles. The fraction of sp³-hybridized carbons (Fsp3) is 0.909. The van der Waals surface area contributed by atoms with Crippen LogP contribution in [0.3, 0.4) is 0 Å². The third-order valence-electron chi connectivity index (χ3n) is 3.32. The smallest absolute Gasteiger partial charge is 0.405 e. The molecule has 0 spiro atoms. The van der Waals surface area contributed by atoms with Crippen molar-refractivity contribution in [3.8, 4) is 0 Å². The molecule has 0 aromatic rings.